The largest absolute Gasteiger partial charge is 0.543 e. The highest BCUT2D eigenvalue weighted by atomic mass is 32.1. The third-order valence-electron chi connectivity index (χ3n) is 9.78. The minimum absolute atomic E-state index is 0.108. The number of fused-ring (bicyclic) bond motifs is 1. The molecule has 41 heavy (non-hydrogen) atoms. The van der Waals surface area contributed by atoms with Crippen molar-refractivity contribution >= 4 is 41.5 Å². The van der Waals surface area contributed by atoms with E-state index < -0.39 is 8.32 Å². The van der Waals surface area contributed by atoms with Crippen molar-refractivity contribution in [1.82, 2.24) is 10.3 Å². The number of aromatic hydroxyl groups is 1. The number of ether oxygens (including phenoxy) is 1. The Kier molecular flexibility index (Phi) is 7.43. The average Bonchev–Trinajstić information content (AvgIpc) is 3.32. The molecule has 4 aliphatic rings. The first-order chi connectivity index (χ1) is 19.5. The number of aromatic nitrogens is 1. The Morgan fingerprint density at radius 3 is 2.32 bits per heavy atom. The van der Waals surface area contributed by atoms with Crippen LogP contribution in [0.15, 0.2) is 48.0 Å². The van der Waals surface area contributed by atoms with Crippen LogP contribution in [-0.4, -0.2) is 37.5 Å². The maximum atomic E-state index is 13.0. The second-order valence-electron chi connectivity index (χ2n) is 13.8. The molecule has 7 rings (SSSR count). The van der Waals surface area contributed by atoms with E-state index in [1.165, 1.54) is 49.0 Å². The fourth-order valence-electron chi connectivity index (χ4n) is 6.92. The van der Waals surface area contributed by atoms with Gasteiger partial charge in [-0.1, -0.05) is 20.8 Å². The van der Waals surface area contributed by atoms with E-state index in [-0.39, 0.29) is 16.7 Å². The SMILES string of the molecule is CC(C)(C)[Si](C)(C)Oc1ccc2nc(C(=O)NCCOC(=C3C4CC5CC(C4)CC3C5)c3ccc(O)cc3)sc2c1. The van der Waals surface area contributed by atoms with Gasteiger partial charge < -0.3 is 19.6 Å². The molecule has 0 atom stereocenters. The molecule has 0 unspecified atom stereocenters. The van der Waals surface area contributed by atoms with Crippen LogP contribution < -0.4 is 9.74 Å². The first-order valence-corrected chi connectivity index (χ1v) is 18.7. The standard InChI is InChI=1S/C33H42N2O4SSi/c1-33(2,3)41(4,5)39-26-10-11-27-28(19-26)40-32(35-27)31(37)34-12-13-38-30(22-6-8-25(36)9-7-22)29-23-15-20-14-21(17-23)18-24(29)16-20/h6-11,19-21,23-24,36H,12-18H2,1-5H3,(H,34,37). The van der Waals surface area contributed by atoms with Gasteiger partial charge in [-0.15, -0.1) is 11.3 Å². The van der Waals surface area contributed by atoms with Crippen LogP contribution in [0.25, 0.3) is 16.0 Å². The van der Waals surface area contributed by atoms with Gasteiger partial charge in [0.2, 0.25) is 8.32 Å². The van der Waals surface area contributed by atoms with Gasteiger partial charge in [-0.2, -0.15) is 0 Å². The van der Waals surface area contributed by atoms with Gasteiger partial charge >= 0.3 is 0 Å². The van der Waals surface area contributed by atoms with Crippen molar-refractivity contribution in [3.05, 3.63) is 58.6 Å². The summed E-state index contributed by atoms with van der Waals surface area (Å²) in [5.74, 6) is 4.79. The van der Waals surface area contributed by atoms with E-state index in [4.69, 9.17) is 9.16 Å². The van der Waals surface area contributed by atoms with E-state index >= 15 is 0 Å². The van der Waals surface area contributed by atoms with Gasteiger partial charge in [0.15, 0.2) is 5.01 Å². The van der Waals surface area contributed by atoms with Crippen molar-refractivity contribution in [1.29, 1.82) is 0 Å². The molecule has 0 aliphatic heterocycles. The van der Waals surface area contributed by atoms with E-state index in [1.807, 2.05) is 30.3 Å². The highest BCUT2D eigenvalue weighted by Crippen LogP contribution is 2.58. The zero-order valence-corrected chi connectivity index (χ0v) is 26.6. The first-order valence-electron chi connectivity index (χ1n) is 15.0. The molecule has 6 nitrogen and oxygen atoms in total. The lowest BCUT2D eigenvalue weighted by molar-refractivity contribution is 0.0665. The molecule has 4 aliphatic carbocycles. The molecule has 4 fully saturated rings. The van der Waals surface area contributed by atoms with E-state index in [2.05, 4.69) is 44.2 Å². The lowest BCUT2D eigenvalue weighted by Crippen LogP contribution is -2.43. The van der Waals surface area contributed by atoms with E-state index in [9.17, 15) is 9.90 Å². The summed E-state index contributed by atoms with van der Waals surface area (Å²) in [5, 5.41) is 13.4. The average molecular weight is 591 g/mol. The van der Waals surface area contributed by atoms with Crippen LogP contribution in [-0.2, 0) is 4.74 Å². The minimum atomic E-state index is -1.95. The number of nitrogens with one attached hydrogen (secondary N) is 1. The number of allylic oxidation sites excluding steroid dienone is 1. The van der Waals surface area contributed by atoms with Crippen molar-refractivity contribution < 1.29 is 19.1 Å². The van der Waals surface area contributed by atoms with Gasteiger partial charge in [-0.3, -0.25) is 4.79 Å². The summed E-state index contributed by atoms with van der Waals surface area (Å²) in [5.41, 5.74) is 3.29. The Labute approximate surface area is 248 Å². The van der Waals surface area contributed by atoms with Crippen molar-refractivity contribution in [2.45, 2.75) is 71.0 Å². The lowest BCUT2D eigenvalue weighted by Gasteiger charge is -2.51. The number of nitrogens with zero attached hydrogens (tertiary/aromatic N) is 1. The maximum absolute atomic E-state index is 13.0. The van der Waals surface area contributed by atoms with E-state index in [0.29, 0.717) is 30.0 Å². The highest BCUT2D eigenvalue weighted by molar-refractivity contribution is 7.20. The van der Waals surface area contributed by atoms with Crippen LogP contribution in [0.5, 0.6) is 11.5 Å². The second-order valence-corrected chi connectivity index (χ2v) is 19.5. The predicted octanol–water partition coefficient (Wildman–Crippen LogP) is 8.00. The van der Waals surface area contributed by atoms with Crippen molar-refractivity contribution in [2.24, 2.45) is 23.7 Å². The summed E-state index contributed by atoms with van der Waals surface area (Å²) in [6, 6.07) is 13.3. The molecule has 4 bridgehead atoms. The Bertz CT molecular complexity index is 1440. The number of amides is 1. The van der Waals surface area contributed by atoms with Crippen LogP contribution in [0.1, 0.15) is 68.2 Å². The molecular formula is C33H42N2O4SSi. The van der Waals surface area contributed by atoms with Gasteiger partial charge in [0.05, 0.1) is 16.8 Å². The molecule has 2 N–H and O–H groups in total. The number of hydrogen-bond acceptors (Lipinski definition) is 6. The molecule has 1 heterocycles. The Hall–Kier alpha value is -2.84. The van der Waals surface area contributed by atoms with Crippen LogP contribution in [0.2, 0.25) is 18.1 Å². The normalized spacial score (nSPS) is 23.6. The molecule has 3 aromatic rings. The number of carbonyl (C=O) groups excluding carboxylic acids is 1. The van der Waals surface area contributed by atoms with Gasteiger partial charge in [0.25, 0.3) is 5.91 Å². The van der Waals surface area contributed by atoms with Crippen LogP contribution in [0.4, 0.5) is 0 Å². The highest BCUT2D eigenvalue weighted by Gasteiger charge is 2.47. The van der Waals surface area contributed by atoms with Crippen molar-refractivity contribution in [3.63, 3.8) is 0 Å². The van der Waals surface area contributed by atoms with E-state index in [0.717, 1.165) is 39.1 Å². The summed E-state index contributed by atoms with van der Waals surface area (Å²) in [7, 11) is -1.95. The molecule has 1 aromatic heterocycles. The predicted molar refractivity (Wildman–Crippen MR) is 168 cm³/mol. The van der Waals surface area contributed by atoms with Gasteiger partial charge in [-0.25, -0.2) is 4.98 Å². The quantitative estimate of drug-likeness (QED) is 0.158. The maximum Gasteiger partial charge on any atom is 0.280 e. The minimum Gasteiger partial charge on any atom is -0.543 e. The lowest BCUT2D eigenvalue weighted by atomic mass is 9.54. The topological polar surface area (TPSA) is 80.7 Å². The number of phenols is 1. The number of thiazole rings is 1. The fraction of sp³-hybridized carbons (Fsp3) is 0.515. The summed E-state index contributed by atoms with van der Waals surface area (Å²) in [6.45, 7) is 11.9. The molecule has 0 spiro atoms. The molecule has 2 aromatic carbocycles. The number of carbonyl (C=O) groups is 1. The molecular weight excluding hydrogens is 549 g/mol. The van der Waals surface area contributed by atoms with Crippen LogP contribution in [0, 0.1) is 23.7 Å². The third kappa shape index (κ3) is 5.78. The van der Waals surface area contributed by atoms with Gasteiger partial charge in [0.1, 0.15) is 23.9 Å². The molecule has 0 saturated heterocycles. The summed E-state index contributed by atoms with van der Waals surface area (Å²) in [6.07, 6.45) is 6.47. The number of benzene rings is 2. The van der Waals surface area contributed by atoms with Gasteiger partial charge in [-0.05, 0) is 122 Å². The van der Waals surface area contributed by atoms with Crippen molar-refractivity contribution in [2.75, 3.05) is 13.2 Å². The third-order valence-corrected chi connectivity index (χ3v) is 15.2. The Balaban J connectivity index is 1.12. The molecule has 1 amide bonds. The first kappa shape index (κ1) is 28.3. The monoisotopic (exact) mass is 590 g/mol. The summed E-state index contributed by atoms with van der Waals surface area (Å²) >= 11 is 1.39. The number of hydrogen-bond donors (Lipinski definition) is 2. The Morgan fingerprint density at radius 1 is 1.02 bits per heavy atom. The smallest absolute Gasteiger partial charge is 0.280 e. The fourth-order valence-corrected chi connectivity index (χ4v) is 8.85. The van der Waals surface area contributed by atoms with Gasteiger partial charge in [0, 0.05) is 5.56 Å². The van der Waals surface area contributed by atoms with Crippen molar-refractivity contribution in [3.8, 4) is 11.5 Å². The number of phenolic OH excluding ortho intramolecular Hbond substituents is 1. The number of rotatable bonds is 8. The molecule has 218 valence electrons. The van der Waals surface area contributed by atoms with E-state index in [1.54, 1.807) is 12.1 Å². The zero-order valence-electron chi connectivity index (χ0n) is 24.8. The molecule has 0 radical (unpaired) electrons. The molecule has 8 heteroatoms. The zero-order chi connectivity index (χ0) is 28.9. The summed E-state index contributed by atoms with van der Waals surface area (Å²) in [4.78, 5) is 17.6. The van der Waals surface area contributed by atoms with Crippen LogP contribution >= 0.6 is 11.3 Å². The van der Waals surface area contributed by atoms with Crippen LogP contribution in [0.3, 0.4) is 0 Å². The summed E-state index contributed by atoms with van der Waals surface area (Å²) < 4.78 is 13.9. The Morgan fingerprint density at radius 2 is 1.68 bits per heavy atom. The second kappa shape index (κ2) is 10.8. The molecule has 4 saturated carbocycles.